The molecule has 74 valence electrons. The van der Waals surface area contributed by atoms with E-state index in [1.807, 2.05) is 6.20 Å². The molecule has 0 aliphatic rings. The van der Waals surface area contributed by atoms with Crippen LogP contribution in [0.15, 0.2) is 18.3 Å². The topological polar surface area (TPSA) is 41.8 Å². The summed E-state index contributed by atoms with van der Waals surface area (Å²) in [6.45, 7) is 0.528. The van der Waals surface area contributed by atoms with Crippen molar-refractivity contribution in [3.05, 3.63) is 34.7 Å². The van der Waals surface area contributed by atoms with E-state index in [2.05, 4.69) is 4.98 Å². The maximum Gasteiger partial charge on any atom is 0.142 e. The maximum absolute atomic E-state index is 13.2. The SMILES string of the molecule is NCCc1c[nH]c2ccc(F)c(Cl)c12. The van der Waals surface area contributed by atoms with E-state index in [1.54, 1.807) is 6.07 Å². The highest BCUT2D eigenvalue weighted by molar-refractivity contribution is 6.35. The molecule has 1 aromatic carbocycles. The molecule has 2 rings (SSSR count). The molecule has 3 N–H and O–H groups in total. The van der Waals surface area contributed by atoms with Crippen LogP contribution in [0.5, 0.6) is 0 Å². The fourth-order valence-corrected chi connectivity index (χ4v) is 1.86. The van der Waals surface area contributed by atoms with Crippen molar-refractivity contribution >= 4 is 22.5 Å². The number of H-pyrrole nitrogens is 1. The third-order valence-electron chi connectivity index (χ3n) is 2.23. The molecule has 0 saturated carbocycles. The highest BCUT2D eigenvalue weighted by Crippen LogP contribution is 2.29. The van der Waals surface area contributed by atoms with Crippen LogP contribution in [-0.2, 0) is 6.42 Å². The second kappa shape index (κ2) is 3.59. The first-order valence-corrected chi connectivity index (χ1v) is 4.76. The molecule has 0 spiro atoms. The van der Waals surface area contributed by atoms with Crippen molar-refractivity contribution in [2.24, 2.45) is 5.73 Å². The van der Waals surface area contributed by atoms with Crippen LogP contribution in [0.3, 0.4) is 0 Å². The molecule has 1 aromatic heterocycles. The van der Waals surface area contributed by atoms with Gasteiger partial charge in [-0.3, -0.25) is 0 Å². The molecule has 4 heteroatoms. The lowest BCUT2D eigenvalue weighted by atomic mass is 10.1. The third-order valence-corrected chi connectivity index (χ3v) is 2.60. The van der Waals surface area contributed by atoms with Gasteiger partial charge >= 0.3 is 0 Å². The Kier molecular flexibility index (Phi) is 2.44. The van der Waals surface area contributed by atoms with E-state index in [9.17, 15) is 4.39 Å². The van der Waals surface area contributed by atoms with Gasteiger partial charge < -0.3 is 10.7 Å². The van der Waals surface area contributed by atoms with Crippen LogP contribution in [0.25, 0.3) is 10.9 Å². The van der Waals surface area contributed by atoms with Crippen molar-refractivity contribution in [2.75, 3.05) is 6.54 Å². The lowest BCUT2D eigenvalue weighted by molar-refractivity contribution is 0.630. The summed E-state index contributed by atoms with van der Waals surface area (Å²) in [4.78, 5) is 3.03. The minimum atomic E-state index is -0.392. The van der Waals surface area contributed by atoms with E-state index in [4.69, 9.17) is 17.3 Å². The highest BCUT2D eigenvalue weighted by Gasteiger charge is 2.10. The number of aromatic amines is 1. The van der Waals surface area contributed by atoms with Crippen LogP contribution in [0.2, 0.25) is 5.02 Å². The van der Waals surface area contributed by atoms with Gasteiger partial charge in [-0.05, 0) is 30.7 Å². The Balaban J connectivity index is 2.69. The van der Waals surface area contributed by atoms with E-state index in [1.165, 1.54) is 6.07 Å². The summed E-state index contributed by atoms with van der Waals surface area (Å²) in [5, 5.41) is 0.921. The van der Waals surface area contributed by atoms with Gasteiger partial charge in [-0.2, -0.15) is 0 Å². The van der Waals surface area contributed by atoms with Crippen molar-refractivity contribution in [1.82, 2.24) is 4.98 Å². The normalized spacial score (nSPS) is 11.1. The molecule has 0 bridgehead atoms. The molecular weight excluding hydrogens is 203 g/mol. The predicted octanol–water partition coefficient (Wildman–Crippen LogP) is 2.46. The molecule has 2 aromatic rings. The number of halogens is 2. The van der Waals surface area contributed by atoms with E-state index in [0.29, 0.717) is 13.0 Å². The number of hydrogen-bond acceptors (Lipinski definition) is 1. The van der Waals surface area contributed by atoms with Crippen LogP contribution >= 0.6 is 11.6 Å². The largest absolute Gasteiger partial charge is 0.361 e. The molecular formula is C10H10ClFN2. The summed E-state index contributed by atoms with van der Waals surface area (Å²) in [5.74, 6) is -0.392. The van der Waals surface area contributed by atoms with E-state index in [-0.39, 0.29) is 5.02 Å². The number of nitrogens with one attached hydrogen (secondary N) is 1. The number of rotatable bonds is 2. The van der Waals surface area contributed by atoms with Crippen LogP contribution in [0.4, 0.5) is 4.39 Å². The van der Waals surface area contributed by atoms with Gasteiger partial charge in [0, 0.05) is 17.1 Å². The van der Waals surface area contributed by atoms with Gasteiger partial charge in [0.2, 0.25) is 0 Å². The Morgan fingerprint density at radius 3 is 2.93 bits per heavy atom. The molecule has 0 amide bonds. The predicted molar refractivity (Wildman–Crippen MR) is 56.0 cm³/mol. The zero-order valence-electron chi connectivity index (χ0n) is 7.48. The Morgan fingerprint density at radius 1 is 1.43 bits per heavy atom. The van der Waals surface area contributed by atoms with E-state index >= 15 is 0 Å². The Morgan fingerprint density at radius 2 is 2.21 bits per heavy atom. The molecule has 1 heterocycles. The Bertz CT molecular complexity index is 464. The fourth-order valence-electron chi connectivity index (χ4n) is 1.57. The Hall–Kier alpha value is -1.06. The van der Waals surface area contributed by atoms with Crippen LogP contribution in [-0.4, -0.2) is 11.5 Å². The summed E-state index contributed by atoms with van der Waals surface area (Å²) < 4.78 is 13.2. The molecule has 0 atom stereocenters. The number of fused-ring (bicyclic) bond motifs is 1. The average Bonchev–Trinajstić information content (AvgIpc) is 2.57. The third kappa shape index (κ3) is 1.38. The summed E-state index contributed by atoms with van der Waals surface area (Å²) in [5.41, 5.74) is 7.26. The van der Waals surface area contributed by atoms with Crippen molar-refractivity contribution < 1.29 is 4.39 Å². The average molecular weight is 213 g/mol. The fraction of sp³-hybridized carbons (Fsp3) is 0.200. The molecule has 2 nitrogen and oxygen atoms in total. The smallest absolute Gasteiger partial charge is 0.142 e. The first-order valence-electron chi connectivity index (χ1n) is 4.38. The van der Waals surface area contributed by atoms with Gasteiger partial charge in [-0.25, -0.2) is 4.39 Å². The second-order valence-corrected chi connectivity index (χ2v) is 3.51. The standard InChI is InChI=1S/C10H10ClFN2/c11-10-7(12)1-2-8-9(10)6(3-4-13)5-14-8/h1-2,5,14H,3-4,13H2. The van der Waals surface area contributed by atoms with Crippen LogP contribution < -0.4 is 5.73 Å². The van der Waals surface area contributed by atoms with Crippen LogP contribution in [0, 0.1) is 5.82 Å². The molecule has 0 aliphatic carbocycles. The zero-order chi connectivity index (χ0) is 10.1. The molecule has 0 radical (unpaired) electrons. The van der Waals surface area contributed by atoms with Gasteiger partial charge in [0.05, 0.1) is 5.02 Å². The molecule has 0 aliphatic heterocycles. The minimum Gasteiger partial charge on any atom is -0.361 e. The van der Waals surface area contributed by atoms with Crippen molar-refractivity contribution in [3.8, 4) is 0 Å². The summed E-state index contributed by atoms with van der Waals surface area (Å²) in [6, 6.07) is 3.03. The molecule has 14 heavy (non-hydrogen) atoms. The lowest BCUT2D eigenvalue weighted by Gasteiger charge is -1.99. The highest BCUT2D eigenvalue weighted by atomic mass is 35.5. The van der Waals surface area contributed by atoms with E-state index in [0.717, 1.165) is 16.5 Å². The molecule has 0 fully saturated rings. The van der Waals surface area contributed by atoms with Gasteiger partial charge in [-0.1, -0.05) is 11.6 Å². The summed E-state index contributed by atoms with van der Waals surface area (Å²) >= 11 is 5.87. The number of hydrogen-bond donors (Lipinski definition) is 2. The van der Waals surface area contributed by atoms with Gasteiger partial charge in [-0.15, -0.1) is 0 Å². The van der Waals surface area contributed by atoms with Gasteiger partial charge in [0.15, 0.2) is 0 Å². The molecule has 0 unspecified atom stereocenters. The lowest BCUT2D eigenvalue weighted by Crippen LogP contribution is -2.02. The summed E-state index contributed by atoms with van der Waals surface area (Å²) in [7, 11) is 0. The number of nitrogens with two attached hydrogens (primary N) is 1. The van der Waals surface area contributed by atoms with E-state index < -0.39 is 5.82 Å². The van der Waals surface area contributed by atoms with Crippen molar-refractivity contribution in [2.45, 2.75) is 6.42 Å². The van der Waals surface area contributed by atoms with Gasteiger partial charge in [0.1, 0.15) is 5.82 Å². The van der Waals surface area contributed by atoms with Crippen molar-refractivity contribution in [1.29, 1.82) is 0 Å². The Labute approximate surface area is 85.9 Å². The number of benzene rings is 1. The second-order valence-electron chi connectivity index (χ2n) is 3.14. The monoisotopic (exact) mass is 212 g/mol. The van der Waals surface area contributed by atoms with Gasteiger partial charge in [0.25, 0.3) is 0 Å². The maximum atomic E-state index is 13.2. The minimum absolute atomic E-state index is 0.173. The molecule has 0 saturated heterocycles. The summed E-state index contributed by atoms with van der Waals surface area (Å²) in [6.07, 6.45) is 2.52. The first-order chi connectivity index (χ1) is 6.74. The zero-order valence-corrected chi connectivity index (χ0v) is 8.24. The first kappa shape index (κ1) is 9.49. The number of aromatic nitrogens is 1. The van der Waals surface area contributed by atoms with Crippen LogP contribution in [0.1, 0.15) is 5.56 Å². The quantitative estimate of drug-likeness (QED) is 0.789. The van der Waals surface area contributed by atoms with Crippen molar-refractivity contribution in [3.63, 3.8) is 0 Å².